The Morgan fingerprint density at radius 3 is 2.81 bits per heavy atom. The smallest absolute Gasteiger partial charge is 0.150 e. The molecule has 1 fully saturated rings. The van der Waals surface area contributed by atoms with E-state index in [0.717, 1.165) is 31.3 Å². The van der Waals surface area contributed by atoms with Crippen LogP contribution in [0.1, 0.15) is 38.5 Å². The highest BCUT2D eigenvalue weighted by Gasteiger charge is 2.30. The number of allylic oxidation sites excluding steroid dienone is 1. The first-order chi connectivity index (χ1) is 7.57. The minimum Gasteiger partial charge on any atom is -0.389 e. The first kappa shape index (κ1) is 12.1. The molecule has 0 aromatic carbocycles. The fourth-order valence-electron chi connectivity index (χ4n) is 2.69. The van der Waals surface area contributed by atoms with Crippen LogP contribution in [0.25, 0.3) is 0 Å². The van der Waals surface area contributed by atoms with Crippen molar-refractivity contribution in [1.82, 2.24) is 0 Å². The lowest BCUT2D eigenvalue weighted by molar-refractivity contribution is 0.174. The van der Waals surface area contributed by atoms with Crippen molar-refractivity contribution in [3.63, 3.8) is 0 Å². The van der Waals surface area contributed by atoms with Crippen molar-refractivity contribution in [3.05, 3.63) is 11.6 Å². The molecule has 2 aliphatic rings. The average molecular weight is 244 g/mol. The Morgan fingerprint density at radius 2 is 2.25 bits per heavy atom. The summed E-state index contributed by atoms with van der Waals surface area (Å²) < 4.78 is 22.6. The van der Waals surface area contributed by atoms with E-state index in [1.165, 1.54) is 6.42 Å². The zero-order chi connectivity index (χ0) is 11.6. The summed E-state index contributed by atoms with van der Waals surface area (Å²) in [4.78, 5) is 0. The number of rotatable bonds is 3. The van der Waals surface area contributed by atoms with Crippen LogP contribution in [0.2, 0.25) is 0 Å². The minimum atomic E-state index is -2.80. The summed E-state index contributed by atoms with van der Waals surface area (Å²) in [6.07, 6.45) is 7.52. The van der Waals surface area contributed by atoms with Crippen LogP contribution in [0.5, 0.6) is 0 Å². The van der Waals surface area contributed by atoms with Crippen LogP contribution in [0.4, 0.5) is 0 Å². The molecular formula is C12H20O3S. The molecule has 1 N–H and O–H groups in total. The molecule has 1 aliphatic heterocycles. The van der Waals surface area contributed by atoms with Crippen molar-refractivity contribution in [2.45, 2.75) is 44.6 Å². The van der Waals surface area contributed by atoms with Crippen LogP contribution < -0.4 is 0 Å². The molecule has 0 radical (unpaired) electrons. The molecule has 4 heteroatoms. The summed E-state index contributed by atoms with van der Waals surface area (Å²) >= 11 is 0. The maximum absolute atomic E-state index is 11.3. The van der Waals surface area contributed by atoms with Crippen molar-refractivity contribution >= 4 is 9.84 Å². The Labute approximate surface area is 97.5 Å². The van der Waals surface area contributed by atoms with Gasteiger partial charge < -0.3 is 5.11 Å². The van der Waals surface area contributed by atoms with Gasteiger partial charge in [-0.2, -0.15) is 0 Å². The number of sulfone groups is 1. The van der Waals surface area contributed by atoms with Gasteiger partial charge in [0.1, 0.15) is 0 Å². The molecule has 0 amide bonds. The van der Waals surface area contributed by atoms with Crippen LogP contribution >= 0.6 is 0 Å². The third-order valence-corrected chi connectivity index (χ3v) is 5.47. The van der Waals surface area contributed by atoms with Gasteiger partial charge in [-0.05, 0) is 50.0 Å². The van der Waals surface area contributed by atoms with Crippen LogP contribution in [0.3, 0.4) is 0 Å². The predicted molar refractivity (Wildman–Crippen MR) is 63.9 cm³/mol. The molecule has 2 atom stereocenters. The summed E-state index contributed by atoms with van der Waals surface area (Å²) in [5, 5.41) is 10.0. The zero-order valence-electron chi connectivity index (χ0n) is 9.56. The molecule has 1 heterocycles. The second-order valence-corrected chi connectivity index (χ2v) is 7.27. The molecular weight excluding hydrogens is 224 g/mol. The highest BCUT2D eigenvalue weighted by molar-refractivity contribution is 7.91. The van der Waals surface area contributed by atoms with Crippen LogP contribution in [-0.4, -0.2) is 31.1 Å². The molecule has 1 aliphatic carbocycles. The second kappa shape index (κ2) is 4.88. The second-order valence-electron chi connectivity index (χ2n) is 5.05. The largest absolute Gasteiger partial charge is 0.389 e. The Balaban J connectivity index is 1.88. The van der Waals surface area contributed by atoms with Gasteiger partial charge in [0.2, 0.25) is 0 Å². The van der Waals surface area contributed by atoms with Crippen LogP contribution in [0.15, 0.2) is 11.6 Å². The topological polar surface area (TPSA) is 54.4 Å². The van der Waals surface area contributed by atoms with Gasteiger partial charge >= 0.3 is 0 Å². The van der Waals surface area contributed by atoms with Crippen molar-refractivity contribution < 1.29 is 13.5 Å². The molecule has 0 spiro atoms. The van der Waals surface area contributed by atoms with E-state index in [4.69, 9.17) is 0 Å². The third-order valence-electron chi connectivity index (χ3n) is 3.64. The lowest BCUT2D eigenvalue weighted by Gasteiger charge is -2.20. The van der Waals surface area contributed by atoms with Crippen molar-refractivity contribution in [2.24, 2.45) is 5.92 Å². The molecule has 0 aromatic rings. The van der Waals surface area contributed by atoms with Gasteiger partial charge in [-0.3, -0.25) is 0 Å². The summed E-state index contributed by atoms with van der Waals surface area (Å²) in [7, 11) is -2.80. The third kappa shape index (κ3) is 3.08. The van der Waals surface area contributed by atoms with Gasteiger partial charge in [0.25, 0.3) is 0 Å². The fourth-order valence-corrected chi connectivity index (χ4v) is 4.57. The molecule has 0 aromatic heterocycles. The van der Waals surface area contributed by atoms with E-state index in [1.54, 1.807) is 0 Å². The monoisotopic (exact) mass is 244 g/mol. The number of aliphatic hydroxyl groups excluding tert-OH is 1. The van der Waals surface area contributed by atoms with E-state index < -0.39 is 15.9 Å². The number of aliphatic hydroxyl groups is 1. The first-order valence-corrected chi connectivity index (χ1v) is 7.96. The molecule has 3 nitrogen and oxygen atoms in total. The van der Waals surface area contributed by atoms with Crippen LogP contribution in [0, 0.1) is 5.92 Å². The molecule has 0 bridgehead atoms. The Kier molecular flexibility index (Phi) is 3.70. The molecule has 2 unspecified atom stereocenters. The maximum atomic E-state index is 11.3. The van der Waals surface area contributed by atoms with Crippen molar-refractivity contribution in [3.8, 4) is 0 Å². The van der Waals surface area contributed by atoms with Crippen molar-refractivity contribution in [1.29, 1.82) is 0 Å². The Hall–Kier alpha value is -0.350. The summed E-state index contributed by atoms with van der Waals surface area (Å²) in [6, 6.07) is 0. The van der Waals surface area contributed by atoms with E-state index in [0.29, 0.717) is 12.2 Å². The van der Waals surface area contributed by atoms with E-state index in [2.05, 4.69) is 6.08 Å². The highest BCUT2D eigenvalue weighted by atomic mass is 32.2. The summed E-state index contributed by atoms with van der Waals surface area (Å²) in [5.74, 6) is 0.753. The van der Waals surface area contributed by atoms with Gasteiger partial charge in [-0.25, -0.2) is 8.42 Å². The normalized spacial score (nSPS) is 31.1. The van der Waals surface area contributed by atoms with E-state index >= 15 is 0 Å². The number of hydrogen-bond acceptors (Lipinski definition) is 3. The van der Waals surface area contributed by atoms with Gasteiger partial charge in [0.15, 0.2) is 9.84 Å². The van der Waals surface area contributed by atoms with Gasteiger partial charge in [-0.1, -0.05) is 6.08 Å². The highest BCUT2D eigenvalue weighted by Crippen LogP contribution is 2.28. The maximum Gasteiger partial charge on any atom is 0.150 e. The zero-order valence-corrected chi connectivity index (χ0v) is 10.4. The predicted octanol–water partition coefficient (Wildman–Crippen LogP) is 1.67. The minimum absolute atomic E-state index is 0.169. The molecule has 0 saturated carbocycles. The van der Waals surface area contributed by atoms with E-state index in [1.807, 2.05) is 0 Å². The van der Waals surface area contributed by atoms with E-state index in [-0.39, 0.29) is 11.7 Å². The lowest BCUT2D eigenvalue weighted by atomic mass is 9.90. The quantitative estimate of drug-likeness (QED) is 0.768. The summed E-state index contributed by atoms with van der Waals surface area (Å²) in [6.45, 7) is 0. The van der Waals surface area contributed by atoms with Crippen LogP contribution in [-0.2, 0) is 9.84 Å². The van der Waals surface area contributed by atoms with Gasteiger partial charge in [0, 0.05) is 0 Å². The molecule has 92 valence electrons. The Morgan fingerprint density at radius 1 is 1.44 bits per heavy atom. The van der Waals surface area contributed by atoms with Gasteiger partial charge in [-0.15, -0.1) is 0 Å². The first-order valence-electron chi connectivity index (χ1n) is 6.14. The van der Waals surface area contributed by atoms with E-state index in [9.17, 15) is 13.5 Å². The SMILES string of the molecule is O=S1(=O)CCC(CC(O)C2=CCCCC2)C1. The molecule has 16 heavy (non-hydrogen) atoms. The average Bonchev–Trinajstić information content (AvgIpc) is 2.59. The summed E-state index contributed by atoms with van der Waals surface area (Å²) in [5.41, 5.74) is 1.13. The van der Waals surface area contributed by atoms with Gasteiger partial charge in [0.05, 0.1) is 17.6 Å². The molecule has 2 rings (SSSR count). The lowest BCUT2D eigenvalue weighted by Crippen LogP contribution is -2.18. The van der Waals surface area contributed by atoms with Crippen molar-refractivity contribution in [2.75, 3.05) is 11.5 Å². The Bertz CT molecular complexity index is 370. The molecule has 1 saturated heterocycles. The standard InChI is InChI=1S/C12H20O3S/c13-12(11-4-2-1-3-5-11)8-10-6-7-16(14,15)9-10/h4,10,12-13H,1-3,5-9H2. The number of hydrogen-bond donors (Lipinski definition) is 1. The fraction of sp³-hybridized carbons (Fsp3) is 0.833.